The molecule has 100 valence electrons. The third kappa shape index (κ3) is 2.71. The van der Waals surface area contributed by atoms with Crippen LogP contribution in [0.25, 0.3) is 0 Å². The van der Waals surface area contributed by atoms with Crippen LogP contribution in [0.15, 0.2) is 41.8 Å². The van der Waals surface area contributed by atoms with Crippen LogP contribution in [-0.4, -0.2) is 17.6 Å². The topological polar surface area (TPSA) is 61.4 Å². The summed E-state index contributed by atoms with van der Waals surface area (Å²) >= 11 is 5.79. The largest absolute Gasteiger partial charge is 0.511 e. The number of carbonyl (C=O) groups excluding carboxylic acids is 1. The minimum atomic E-state index is -0.578. The van der Waals surface area contributed by atoms with Crippen molar-refractivity contribution in [3.05, 3.63) is 52.6 Å². The molecule has 0 unspecified atom stereocenters. The maximum absolute atomic E-state index is 13.3. The number of rotatable bonds is 3. The fourth-order valence-corrected chi connectivity index (χ4v) is 1.95. The third-order valence-corrected chi connectivity index (χ3v) is 3.09. The molecule has 1 heterocycles. The van der Waals surface area contributed by atoms with Gasteiger partial charge in [-0.2, -0.15) is 0 Å². The van der Waals surface area contributed by atoms with Crippen LogP contribution in [0.3, 0.4) is 0 Å². The number of anilines is 1. The molecule has 0 radical (unpaired) electrons. The van der Waals surface area contributed by atoms with Gasteiger partial charge in [-0.05, 0) is 12.1 Å². The number of hydrogen-bond acceptors (Lipinski definition) is 3. The van der Waals surface area contributed by atoms with Crippen molar-refractivity contribution in [3.63, 3.8) is 0 Å². The van der Waals surface area contributed by atoms with Crippen molar-refractivity contribution in [1.29, 1.82) is 0 Å². The molecule has 6 heteroatoms. The Morgan fingerprint density at radius 2 is 2.26 bits per heavy atom. The predicted molar refractivity (Wildman–Crippen MR) is 71.5 cm³/mol. The fourth-order valence-electron chi connectivity index (χ4n) is 1.78. The third-order valence-electron chi connectivity index (χ3n) is 2.70. The van der Waals surface area contributed by atoms with Crippen molar-refractivity contribution in [1.82, 2.24) is 5.32 Å². The lowest BCUT2D eigenvalue weighted by Crippen LogP contribution is -2.33. The van der Waals surface area contributed by atoms with Gasteiger partial charge in [-0.25, -0.2) is 4.39 Å². The molecule has 0 saturated carbocycles. The van der Waals surface area contributed by atoms with E-state index in [1.54, 1.807) is 6.07 Å². The van der Waals surface area contributed by atoms with Gasteiger partial charge in [-0.15, -0.1) is 0 Å². The van der Waals surface area contributed by atoms with Crippen LogP contribution in [0.4, 0.5) is 10.1 Å². The molecule has 1 aliphatic heterocycles. The summed E-state index contributed by atoms with van der Waals surface area (Å²) in [5, 5.41) is 15.0. The molecular weight excluding hydrogens is 271 g/mol. The molecule has 0 spiro atoms. The summed E-state index contributed by atoms with van der Waals surface area (Å²) in [6, 6.07) is 4.25. The van der Waals surface area contributed by atoms with Gasteiger partial charge < -0.3 is 15.7 Å². The Labute approximate surface area is 114 Å². The van der Waals surface area contributed by atoms with Crippen LogP contribution in [0.2, 0.25) is 5.02 Å². The summed E-state index contributed by atoms with van der Waals surface area (Å²) in [5.74, 6) is -1.05. The van der Waals surface area contributed by atoms with E-state index >= 15 is 0 Å². The molecule has 1 aliphatic rings. The van der Waals surface area contributed by atoms with E-state index < -0.39 is 11.7 Å². The first-order valence-electron chi connectivity index (χ1n) is 5.61. The van der Waals surface area contributed by atoms with E-state index in [1.165, 1.54) is 12.1 Å². The molecule has 1 amide bonds. The van der Waals surface area contributed by atoms with Crippen molar-refractivity contribution in [3.8, 4) is 0 Å². The normalized spacial score (nSPS) is 15.2. The van der Waals surface area contributed by atoms with Gasteiger partial charge in [0.15, 0.2) is 0 Å². The Kier molecular flexibility index (Phi) is 3.76. The summed E-state index contributed by atoms with van der Waals surface area (Å²) < 4.78 is 13.3. The van der Waals surface area contributed by atoms with Crippen molar-refractivity contribution in [2.75, 3.05) is 11.9 Å². The molecule has 2 rings (SSSR count). The molecule has 0 aromatic heterocycles. The number of hydrogen-bond donors (Lipinski definition) is 3. The zero-order valence-corrected chi connectivity index (χ0v) is 10.7. The first-order valence-corrected chi connectivity index (χ1v) is 5.99. The highest BCUT2D eigenvalue weighted by molar-refractivity contribution is 6.33. The molecule has 3 N–H and O–H groups in total. The number of aliphatic hydroxyl groups is 1. The van der Waals surface area contributed by atoms with Crippen LogP contribution >= 0.6 is 11.6 Å². The van der Waals surface area contributed by atoms with Crippen LogP contribution in [0, 0.1) is 5.82 Å². The first-order chi connectivity index (χ1) is 9.00. The average molecular weight is 283 g/mol. The lowest BCUT2D eigenvalue weighted by Gasteiger charge is -2.19. The number of halogens is 2. The van der Waals surface area contributed by atoms with Crippen molar-refractivity contribution >= 4 is 23.2 Å². The summed E-state index contributed by atoms with van der Waals surface area (Å²) in [4.78, 5) is 11.7. The highest BCUT2D eigenvalue weighted by Gasteiger charge is 2.23. The van der Waals surface area contributed by atoms with Crippen LogP contribution < -0.4 is 10.6 Å². The van der Waals surface area contributed by atoms with Gasteiger partial charge in [0.2, 0.25) is 0 Å². The molecule has 0 bridgehead atoms. The Balaban J connectivity index is 2.26. The lowest BCUT2D eigenvalue weighted by molar-refractivity contribution is -0.117. The minimum absolute atomic E-state index is 0.0474. The lowest BCUT2D eigenvalue weighted by atomic mass is 10.1. The van der Waals surface area contributed by atoms with Gasteiger partial charge in [0.1, 0.15) is 11.6 Å². The van der Waals surface area contributed by atoms with E-state index in [0.29, 0.717) is 13.0 Å². The van der Waals surface area contributed by atoms with Crippen LogP contribution in [-0.2, 0) is 4.79 Å². The standard InChI is InChI=1S/C13H12ClFN2O2/c1-7(11-10(18)5-6-16-13(11)19)17-9-4-2-3-8(15)12(9)14/h2-4,17-18H,1,5-6H2,(H,16,19). The molecule has 4 nitrogen and oxygen atoms in total. The van der Waals surface area contributed by atoms with Crippen LogP contribution in [0.1, 0.15) is 6.42 Å². The molecule has 0 aliphatic carbocycles. The number of aliphatic hydroxyl groups excluding tert-OH is 1. The van der Waals surface area contributed by atoms with Crippen molar-refractivity contribution in [2.45, 2.75) is 6.42 Å². The first kappa shape index (κ1) is 13.4. The van der Waals surface area contributed by atoms with Crippen molar-refractivity contribution in [2.24, 2.45) is 0 Å². The second kappa shape index (κ2) is 5.32. The maximum Gasteiger partial charge on any atom is 0.256 e. The van der Waals surface area contributed by atoms with Gasteiger partial charge >= 0.3 is 0 Å². The van der Waals surface area contributed by atoms with Crippen molar-refractivity contribution < 1.29 is 14.3 Å². The number of carbonyl (C=O) groups is 1. The molecule has 19 heavy (non-hydrogen) atoms. The highest BCUT2D eigenvalue weighted by Crippen LogP contribution is 2.28. The number of nitrogens with one attached hydrogen (secondary N) is 2. The summed E-state index contributed by atoms with van der Waals surface area (Å²) in [6.45, 7) is 4.05. The fraction of sp³-hybridized carbons (Fsp3) is 0.154. The Morgan fingerprint density at radius 1 is 1.53 bits per heavy atom. The Bertz CT molecular complexity index is 584. The number of amides is 1. The maximum atomic E-state index is 13.3. The van der Waals surface area contributed by atoms with Crippen LogP contribution in [0.5, 0.6) is 0 Å². The molecule has 1 aromatic rings. The summed E-state index contributed by atoms with van der Waals surface area (Å²) in [7, 11) is 0. The van der Waals surface area contributed by atoms with E-state index in [9.17, 15) is 14.3 Å². The van der Waals surface area contributed by atoms with E-state index in [0.717, 1.165) is 0 Å². The van der Waals surface area contributed by atoms with Gasteiger partial charge in [-0.3, -0.25) is 4.79 Å². The monoisotopic (exact) mass is 282 g/mol. The summed E-state index contributed by atoms with van der Waals surface area (Å²) in [5.41, 5.74) is 0.513. The number of benzene rings is 1. The molecular formula is C13H12ClFN2O2. The average Bonchev–Trinajstić information content (AvgIpc) is 2.35. The molecule has 0 saturated heterocycles. The van der Waals surface area contributed by atoms with Gasteiger partial charge in [0.25, 0.3) is 5.91 Å². The summed E-state index contributed by atoms with van der Waals surface area (Å²) in [6.07, 6.45) is 0.332. The zero-order chi connectivity index (χ0) is 14.0. The SMILES string of the molecule is C=C(Nc1cccc(F)c1Cl)C1=C(O)CCNC1=O. The quantitative estimate of drug-likeness (QED) is 0.799. The minimum Gasteiger partial charge on any atom is -0.511 e. The van der Waals surface area contributed by atoms with E-state index in [4.69, 9.17) is 11.6 Å². The molecule has 1 aromatic carbocycles. The van der Waals surface area contributed by atoms with Gasteiger partial charge in [0, 0.05) is 18.7 Å². The van der Waals surface area contributed by atoms with E-state index in [1.807, 2.05) is 0 Å². The predicted octanol–water partition coefficient (Wildman–Crippen LogP) is 2.74. The smallest absolute Gasteiger partial charge is 0.256 e. The van der Waals surface area contributed by atoms with E-state index in [2.05, 4.69) is 17.2 Å². The van der Waals surface area contributed by atoms with E-state index in [-0.39, 0.29) is 27.7 Å². The second-order valence-electron chi connectivity index (χ2n) is 4.03. The Morgan fingerprint density at radius 3 is 2.95 bits per heavy atom. The second-order valence-corrected chi connectivity index (χ2v) is 4.41. The Hall–Kier alpha value is -2.01. The zero-order valence-electron chi connectivity index (χ0n) is 9.96. The molecule has 0 fully saturated rings. The van der Waals surface area contributed by atoms with Gasteiger partial charge in [-0.1, -0.05) is 24.2 Å². The highest BCUT2D eigenvalue weighted by atomic mass is 35.5. The molecule has 0 atom stereocenters. The van der Waals surface area contributed by atoms with Gasteiger partial charge in [0.05, 0.1) is 16.3 Å².